The lowest BCUT2D eigenvalue weighted by molar-refractivity contribution is 0.738. The summed E-state index contributed by atoms with van der Waals surface area (Å²) < 4.78 is 1.83. The van der Waals surface area contributed by atoms with Crippen LogP contribution in [-0.4, -0.2) is 9.78 Å². The number of thioether (sulfide) groups is 1. The lowest BCUT2D eigenvalue weighted by Crippen LogP contribution is -1.87. The van der Waals surface area contributed by atoms with Crippen LogP contribution in [0, 0.1) is 6.92 Å². The van der Waals surface area contributed by atoms with E-state index >= 15 is 0 Å². The van der Waals surface area contributed by atoms with E-state index in [0.29, 0.717) is 0 Å². The molecule has 3 heteroatoms. The van der Waals surface area contributed by atoms with Gasteiger partial charge in [-0.25, -0.2) is 0 Å². The average molecular weight is 218 g/mol. The van der Waals surface area contributed by atoms with Crippen LogP contribution >= 0.6 is 11.8 Å². The first kappa shape index (κ1) is 10.3. The van der Waals surface area contributed by atoms with Crippen molar-refractivity contribution in [3.63, 3.8) is 0 Å². The third-order valence-corrected chi connectivity index (χ3v) is 3.19. The van der Waals surface area contributed by atoms with E-state index in [1.165, 1.54) is 11.1 Å². The molecule has 0 aliphatic heterocycles. The molecule has 0 N–H and O–H groups in total. The van der Waals surface area contributed by atoms with Gasteiger partial charge in [-0.15, -0.1) is 0 Å². The Morgan fingerprint density at radius 1 is 1.20 bits per heavy atom. The molecule has 0 fully saturated rings. The third kappa shape index (κ3) is 2.86. The van der Waals surface area contributed by atoms with E-state index in [9.17, 15) is 0 Å². The summed E-state index contributed by atoms with van der Waals surface area (Å²) in [6.45, 7) is 2.11. The van der Waals surface area contributed by atoms with Gasteiger partial charge in [0.05, 0.1) is 0 Å². The molecule has 1 aromatic heterocycles. The number of benzene rings is 1. The number of aromatic nitrogens is 2. The highest BCUT2D eigenvalue weighted by Crippen LogP contribution is 2.20. The standard InChI is InChI=1S/C12H14N2S/c1-10-3-5-11(6-4-10)9-15-12-7-8-14(2)13-12/h3-8H,9H2,1-2H3. The van der Waals surface area contributed by atoms with E-state index in [2.05, 4.69) is 36.3 Å². The van der Waals surface area contributed by atoms with E-state index in [1.54, 1.807) is 11.8 Å². The number of hydrogen-bond donors (Lipinski definition) is 0. The molecule has 0 radical (unpaired) electrons. The predicted molar refractivity (Wildman–Crippen MR) is 63.9 cm³/mol. The number of nitrogens with zero attached hydrogens (tertiary/aromatic N) is 2. The molecule has 2 aromatic rings. The molecule has 0 unspecified atom stereocenters. The molecule has 1 heterocycles. The van der Waals surface area contributed by atoms with Crippen LogP contribution in [0.4, 0.5) is 0 Å². The van der Waals surface area contributed by atoms with Gasteiger partial charge < -0.3 is 0 Å². The highest BCUT2D eigenvalue weighted by atomic mass is 32.2. The molecule has 78 valence electrons. The van der Waals surface area contributed by atoms with Crippen molar-refractivity contribution in [3.8, 4) is 0 Å². The minimum atomic E-state index is 0.983. The van der Waals surface area contributed by atoms with Crippen LogP contribution in [0.25, 0.3) is 0 Å². The highest BCUT2D eigenvalue weighted by molar-refractivity contribution is 7.98. The second kappa shape index (κ2) is 4.53. The van der Waals surface area contributed by atoms with Crippen molar-refractivity contribution in [1.82, 2.24) is 9.78 Å². The Kier molecular flexibility index (Phi) is 3.11. The first-order valence-corrected chi connectivity index (χ1v) is 5.90. The molecule has 0 spiro atoms. The Morgan fingerprint density at radius 3 is 2.53 bits per heavy atom. The van der Waals surface area contributed by atoms with Gasteiger partial charge in [-0.05, 0) is 18.6 Å². The Balaban J connectivity index is 1.96. The van der Waals surface area contributed by atoms with Crippen molar-refractivity contribution < 1.29 is 0 Å². The fourth-order valence-corrected chi connectivity index (χ4v) is 2.16. The highest BCUT2D eigenvalue weighted by Gasteiger charge is 1.98. The molecule has 0 aliphatic rings. The van der Waals surface area contributed by atoms with Crippen molar-refractivity contribution in [1.29, 1.82) is 0 Å². The summed E-state index contributed by atoms with van der Waals surface area (Å²) in [7, 11) is 1.94. The SMILES string of the molecule is Cc1ccc(CSc2ccn(C)n2)cc1. The van der Waals surface area contributed by atoms with E-state index in [1.807, 2.05) is 24.0 Å². The molecule has 1 aromatic carbocycles. The van der Waals surface area contributed by atoms with Crippen molar-refractivity contribution >= 4 is 11.8 Å². The zero-order valence-electron chi connectivity index (χ0n) is 8.97. The Labute approximate surface area is 94.3 Å². The fourth-order valence-electron chi connectivity index (χ4n) is 1.31. The van der Waals surface area contributed by atoms with Crippen molar-refractivity contribution in [3.05, 3.63) is 47.7 Å². The third-order valence-electron chi connectivity index (χ3n) is 2.20. The maximum atomic E-state index is 4.32. The molecule has 0 aliphatic carbocycles. The maximum absolute atomic E-state index is 4.32. The smallest absolute Gasteiger partial charge is 0.118 e. The monoisotopic (exact) mass is 218 g/mol. The number of aryl methyl sites for hydroxylation is 2. The van der Waals surface area contributed by atoms with Crippen molar-refractivity contribution in [2.24, 2.45) is 7.05 Å². The van der Waals surface area contributed by atoms with Gasteiger partial charge in [0, 0.05) is 19.0 Å². The summed E-state index contributed by atoms with van der Waals surface area (Å²) in [5.41, 5.74) is 2.65. The van der Waals surface area contributed by atoms with Gasteiger partial charge >= 0.3 is 0 Å². The molecule has 0 saturated heterocycles. The summed E-state index contributed by atoms with van der Waals surface area (Å²) in [6.07, 6.45) is 1.97. The minimum Gasteiger partial charge on any atom is -0.275 e. The Hall–Kier alpha value is -1.22. The van der Waals surface area contributed by atoms with Gasteiger partial charge in [-0.1, -0.05) is 41.6 Å². The lowest BCUT2D eigenvalue weighted by atomic mass is 10.2. The summed E-state index contributed by atoms with van der Waals surface area (Å²) >= 11 is 1.77. The van der Waals surface area contributed by atoms with Crippen LogP contribution in [0.15, 0.2) is 41.6 Å². The predicted octanol–water partition coefficient (Wildman–Crippen LogP) is 3.02. The van der Waals surface area contributed by atoms with Crippen molar-refractivity contribution in [2.75, 3.05) is 0 Å². The summed E-state index contributed by atoms with van der Waals surface area (Å²) in [5.74, 6) is 0.983. The zero-order valence-corrected chi connectivity index (χ0v) is 9.79. The number of hydrogen-bond acceptors (Lipinski definition) is 2. The van der Waals surface area contributed by atoms with Gasteiger partial charge in [0.2, 0.25) is 0 Å². The molecule has 0 atom stereocenters. The summed E-state index contributed by atoms with van der Waals surface area (Å²) in [4.78, 5) is 0. The van der Waals surface area contributed by atoms with Gasteiger partial charge in [-0.2, -0.15) is 5.10 Å². The van der Waals surface area contributed by atoms with E-state index in [-0.39, 0.29) is 0 Å². The van der Waals surface area contributed by atoms with Crippen LogP contribution in [-0.2, 0) is 12.8 Å². The summed E-state index contributed by atoms with van der Waals surface area (Å²) in [5, 5.41) is 5.40. The average Bonchev–Trinajstić information content (AvgIpc) is 2.64. The van der Waals surface area contributed by atoms with Gasteiger partial charge in [0.25, 0.3) is 0 Å². The largest absolute Gasteiger partial charge is 0.275 e. The molecule has 0 saturated carbocycles. The first-order chi connectivity index (χ1) is 7.24. The van der Waals surface area contributed by atoms with Gasteiger partial charge in [0.15, 0.2) is 0 Å². The fraction of sp³-hybridized carbons (Fsp3) is 0.250. The van der Waals surface area contributed by atoms with Gasteiger partial charge in [-0.3, -0.25) is 4.68 Å². The first-order valence-electron chi connectivity index (χ1n) is 4.92. The maximum Gasteiger partial charge on any atom is 0.118 e. The van der Waals surface area contributed by atoms with Crippen LogP contribution in [0.5, 0.6) is 0 Å². The topological polar surface area (TPSA) is 17.8 Å². The van der Waals surface area contributed by atoms with Crippen molar-refractivity contribution in [2.45, 2.75) is 17.7 Å². The Bertz CT molecular complexity index is 431. The Morgan fingerprint density at radius 2 is 1.93 bits per heavy atom. The molecular weight excluding hydrogens is 204 g/mol. The zero-order chi connectivity index (χ0) is 10.7. The second-order valence-electron chi connectivity index (χ2n) is 3.60. The molecule has 2 rings (SSSR count). The molecule has 0 bridgehead atoms. The minimum absolute atomic E-state index is 0.983. The molecular formula is C12H14N2S. The van der Waals surface area contributed by atoms with Gasteiger partial charge in [0.1, 0.15) is 5.03 Å². The quantitative estimate of drug-likeness (QED) is 0.737. The normalized spacial score (nSPS) is 10.5. The molecule has 0 amide bonds. The second-order valence-corrected chi connectivity index (χ2v) is 4.60. The lowest BCUT2D eigenvalue weighted by Gasteiger charge is -1.99. The van der Waals surface area contributed by atoms with Crippen LogP contribution in [0.2, 0.25) is 0 Å². The van der Waals surface area contributed by atoms with E-state index < -0.39 is 0 Å². The summed E-state index contributed by atoms with van der Waals surface area (Å²) in [6, 6.07) is 10.7. The van der Waals surface area contributed by atoms with Crippen LogP contribution in [0.1, 0.15) is 11.1 Å². The molecule has 15 heavy (non-hydrogen) atoms. The van der Waals surface area contributed by atoms with Crippen LogP contribution < -0.4 is 0 Å². The molecule has 2 nitrogen and oxygen atoms in total. The van der Waals surface area contributed by atoms with E-state index in [0.717, 1.165) is 10.8 Å². The number of rotatable bonds is 3. The van der Waals surface area contributed by atoms with E-state index in [4.69, 9.17) is 0 Å². The van der Waals surface area contributed by atoms with Crippen LogP contribution in [0.3, 0.4) is 0 Å².